The lowest BCUT2D eigenvalue weighted by atomic mass is 10.1. The van der Waals surface area contributed by atoms with Crippen LogP contribution in [0, 0.1) is 11.3 Å². The Morgan fingerprint density at radius 2 is 2.21 bits per heavy atom. The maximum Gasteiger partial charge on any atom is 0.335 e. The van der Waals surface area contributed by atoms with Gasteiger partial charge in [0.15, 0.2) is 5.25 Å². The van der Waals surface area contributed by atoms with E-state index in [9.17, 15) is 13.2 Å². The van der Waals surface area contributed by atoms with Gasteiger partial charge in [-0.2, -0.15) is 5.26 Å². The minimum absolute atomic E-state index is 0.0400. The Labute approximate surface area is 111 Å². The van der Waals surface area contributed by atoms with Crippen LogP contribution in [0.1, 0.15) is 29.3 Å². The number of sulfonamides is 1. The van der Waals surface area contributed by atoms with Gasteiger partial charge in [0.25, 0.3) is 0 Å². The van der Waals surface area contributed by atoms with Gasteiger partial charge in [-0.3, -0.25) is 0 Å². The zero-order valence-electron chi connectivity index (χ0n) is 10.3. The van der Waals surface area contributed by atoms with Crippen molar-refractivity contribution in [2.75, 3.05) is 0 Å². The standard InChI is InChI=1S/C12H14N2O4S/c1-2-11(7-13)19(17,18)14-8-9-4-3-5-10(6-9)12(15)16/h3-6,11,14H,2,8H2,1H3,(H,15,16). The molecule has 6 nitrogen and oxygen atoms in total. The molecule has 0 aliphatic carbocycles. The number of aromatic carboxylic acids is 1. The number of nitrogens with zero attached hydrogens (tertiary/aromatic N) is 1. The Bertz CT molecular complexity index is 604. The maximum absolute atomic E-state index is 11.7. The van der Waals surface area contributed by atoms with Crippen molar-refractivity contribution in [2.45, 2.75) is 25.1 Å². The summed E-state index contributed by atoms with van der Waals surface area (Å²) in [6, 6.07) is 7.67. The highest BCUT2D eigenvalue weighted by atomic mass is 32.2. The number of nitrogens with one attached hydrogen (secondary N) is 1. The van der Waals surface area contributed by atoms with Crippen molar-refractivity contribution >= 4 is 16.0 Å². The Morgan fingerprint density at radius 1 is 1.53 bits per heavy atom. The number of hydrogen-bond donors (Lipinski definition) is 2. The molecule has 0 fully saturated rings. The predicted molar refractivity (Wildman–Crippen MR) is 68.9 cm³/mol. The Kier molecular flexibility index (Phi) is 5.03. The maximum atomic E-state index is 11.7. The molecular formula is C12H14N2O4S. The minimum Gasteiger partial charge on any atom is -0.478 e. The molecule has 0 saturated carbocycles. The third-order valence-electron chi connectivity index (χ3n) is 2.54. The average Bonchev–Trinajstić information content (AvgIpc) is 2.38. The molecule has 1 aromatic carbocycles. The summed E-state index contributed by atoms with van der Waals surface area (Å²) in [5.41, 5.74) is 0.611. The second-order valence-corrected chi connectivity index (χ2v) is 5.85. The van der Waals surface area contributed by atoms with Crippen LogP contribution in [0.5, 0.6) is 0 Å². The average molecular weight is 282 g/mol. The van der Waals surface area contributed by atoms with Gasteiger partial charge in [-0.05, 0) is 24.1 Å². The van der Waals surface area contributed by atoms with Crippen molar-refractivity contribution in [3.8, 4) is 6.07 Å². The number of benzene rings is 1. The highest BCUT2D eigenvalue weighted by molar-refractivity contribution is 7.90. The van der Waals surface area contributed by atoms with E-state index >= 15 is 0 Å². The van der Waals surface area contributed by atoms with Crippen molar-refractivity contribution in [3.63, 3.8) is 0 Å². The first-order chi connectivity index (χ1) is 8.90. The Morgan fingerprint density at radius 3 is 2.74 bits per heavy atom. The van der Waals surface area contributed by atoms with Gasteiger partial charge in [-0.15, -0.1) is 0 Å². The molecular weight excluding hydrogens is 268 g/mol. The minimum atomic E-state index is -3.71. The zero-order chi connectivity index (χ0) is 14.5. The smallest absolute Gasteiger partial charge is 0.335 e. The van der Waals surface area contributed by atoms with Crippen molar-refractivity contribution in [3.05, 3.63) is 35.4 Å². The molecule has 0 bridgehead atoms. The van der Waals surface area contributed by atoms with Crippen molar-refractivity contribution in [1.82, 2.24) is 4.72 Å². The molecule has 0 amide bonds. The van der Waals surface area contributed by atoms with E-state index in [2.05, 4.69) is 4.72 Å². The second-order valence-electron chi connectivity index (χ2n) is 3.90. The fraction of sp³-hybridized carbons (Fsp3) is 0.333. The van der Waals surface area contributed by atoms with Crippen LogP contribution in [0.3, 0.4) is 0 Å². The molecule has 1 unspecified atom stereocenters. The normalized spacial score (nSPS) is 12.6. The van der Waals surface area contributed by atoms with Gasteiger partial charge >= 0.3 is 5.97 Å². The second kappa shape index (κ2) is 6.31. The van der Waals surface area contributed by atoms with E-state index < -0.39 is 21.2 Å². The molecule has 0 spiro atoms. The fourth-order valence-corrected chi connectivity index (χ4v) is 2.63. The summed E-state index contributed by atoms with van der Waals surface area (Å²) >= 11 is 0. The Hall–Kier alpha value is -1.91. The number of carbonyl (C=O) groups is 1. The van der Waals surface area contributed by atoms with Crippen LogP contribution in [-0.4, -0.2) is 24.7 Å². The van der Waals surface area contributed by atoms with Crippen molar-refractivity contribution in [1.29, 1.82) is 5.26 Å². The summed E-state index contributed by atoms with van der Waals surface area (Å²) in [7, 11) is -3.71. The topological polar surface area (TPSA) is 107 Å². The van der Waals surface area contributed by atoms with E-state index in [-0.39, 0.29) is 18.5 Å². The number of rotatable bonds is 6. The fourth-order valence-electron chi connectivity index (χ4n) is 1.48. The highest BCUT2D eigenvalue weighted by Crippen LogP contribution is 2.08. The molecule has 7 heteroatoms. The van der Waals surface area contributed by atoms with Crippen molar-refractivity contribution in [2.24, 2.45) is 0 Å². The molecule has 0 saturated heterocycles. The van der Waals surface area contributed by atoms with E-state index in [1.54, 1.807) is 19.1 Å². The number of nitriles is 1. The molecule has 1 aromatic rings. The van der Waals surface area contributed by atoms with Gasteiger partial charge in [0, 0.05) is 6.54 Å². The quantitative estimate of drug-likeness (QED) is 0.812. The molecule has 0 radical (unpaired) electrons. The lowest BCUT2D eigenvalue weighted by molar-refractivity contribution is 0.0696. The molecule has 19 heavy (non-hydrogen) atoms. The van der Waals surface area contributed by atoms with Crippen LogP contribution in [0.25, 0.3) is 0 Å². The molecule has 1 rings (SSSR count). The summed E-state index contributed by atoms with van der Waals surface area (Å²) < 4.78 is 25.8. The van der Waals surface area contributed by atoms with Crippen molar-refractivity contribution < 1.29 is 18.3 Å². The summed E-state index contributed by atoms with van der Waals surface area (Å²) in [6.45, 7) is 1.57. The third kappa shape index (κ3) is 4.05. The van der Waals surface area contributed by atoms with Crippen LogP contribution in [0.2, 0.25) is 0 Å². The van der Waals surface area contributed by atoms with E-state index in [1.807, 2.05) is 0 Å². The Balaban J connectivity index is 2.80. The van der Waals surface area contributed by atoms with E-state index in [0.29, 0.717) is 5.56 Å². The molecule has 1 atom stereocenters. The van der Waals surface area contributed by atoms with Gasteiger partial charge in [0.2, 0.25) is 10.0 Å². The van der Waals surface area contributed by atoms with Gasteiger partial charge in [0.1, 0.15) is 0 Å². The van der Waals surface area contributed by atoms with E-state index in [4.69, 9.17) is 10.4 Å². The lowest BCUT2D eigenvalue weighted by Crippen LogP contribution is -2.32. The summed E-state index contributed by atoms with van der Waals surface area (Å²) in [5.74, 6) is -1.08. The first-order valence-corrected chi connectivity index (χ1v) is 7.15. The first-order valence-electron chi connectivity index (χ1n) is 5.61. The molecule has 0 aromatic heterocycles. The molecule has 0 heterocycles. The SMILES string of the molecule is CCC(C#N)S(=O)(=O)NCc1cccc(C(=O)O)c1. The third-order valence-corrected chi connectivity index (χ3v) is 4.28. The number of carboxylic acids is 1. The number of carboxylic acid groups (broad SMARTS) is 1. The van der Waals surface area contributed by atoms with Crippen LogP contribution in [-0.2, 0) is 16.6 Å². The van der Waals surface area contributed by atoms with E-state index in [1.165, 1.54) is 18.2 Å². The largest absolute Gasteiger partial charge is 0.478 e. The van der Waals surface area contributed by atoms with Crippen LogP contribution in [0.4, 0.5) is 0 Å². The van der Waals surface area contributed by atoms with Gasteiger partial charge < -0.3 is 5.11 Å². The number of hydrogen-bond acceptors (Lipinski definition) is 4. The van der Waals surface area contributed by atoms with Gasteiger partial charge in [-0.25, -0.2) is 17.9 Å². The molecule has 0 aliphatic heterocycles. The summed E-state index contributed by atoms with van der Waals surface area (Å²) in [5, 5.41) is 16.4. The monoisotopic (exact) mass is 282 g/mol. The van der Waals surface area contributed by atoms with Crippen LogP contribution in [0.15, 0.2) is 24.3 Å². The highest BCUT2D eigenvalue weighted by Gasteiger charge is 2.22. The lowest BCUT2D eigenvalue weighted by Gasteiger charge is -2.10. The molecule has 2 N–H and O–H groups in total. The summed E-state index contributed by atoms with van der Waals surface area (Å²) in [4.78, 5) is 10.8. The summed E-state index contributed by atoms with van der Waals surface area (Å²) in [6.07, 6.45) is 0.195. The van der Waals surface area contributed by atoms with E-state index in [0.717, 1.165) is 0 Å². The van der Waals surface area contributed by atoms with Crippen LogP contribution < -0.4 is 4.72 Å². The van der Waals surface area contributed by atoms with Gasteiger partial charge in [-0.1, -0.05) is 19.1 Å². The predicted octanol–water partition coefficient (Wildman–Crippen LogP) is 1.11. The molecule has 0 aliphatic rings. The molecule has 102 valence electrons. The van der Waals surface area contributed by atoms with Crippen LogP contribution >= 0.6 is 0 Å². The van der Waals surface area contributed by atoms with Gasteiger partial charge in [0.05, 0.1) is 11.6 Å². The zero-order valence-corrected chi connectivity index (χ0v) is 11.1. The first kappa shape index (κ1) is 15.1.